The zero-order valence-corrected chi connectivity index (χ0v) is 7.93. The molecule has 1 aromatic rings. The van der Waals surface area contributed by atoms with Gasteiger partial charge in [-0.3, -0.25) is 0 Å². The Bertz CT molecular complexity index is 337. The Morgan fingerprint density at radius 1 is 1.20 bits per heavy atom. The highest BCUT2D eigenvalue weighted by atomic mass is 16.5. The molecule has 1 aromatic carbocycles. The van der Waals surface area contributed by atoms with E-state index in [4.69, 9.17) is 4.74 Å². The number of nitrogens with one attached hydrogen (secondary N) is 1. The highest BCUT2D eigenvalue weighted by molar-refractivity contribution is 5.76. The second-order valence-electron chi connectivity index (χ2n) is 2.79. The molecule has 0 aliphatic rings. The van der Waals surface area contributed by atoms with Crippen molar-refractivity contribution in [3.05, 3.63) is 35.9 Å². The highest BCUT2D eigenvalue weighted by Crippen LogP contribution is 2.00. The summed E-state index contributed by atoms with van der Waals surface area (Å²) in [5, 5.41) is 12.0. The van der Waals surface area contributed by atoms with E-state index >= 15 is 0 Å². The summed E-state index contributed by atoms with van der Waals surface area (Å²) in [7, 11) is 0. The first-order valence-corrected chi connectivity index (χ1v) is 4.33. The van der Waals surface area contributed by atoms with Gasteiger partial charge >= 0.3 is 12.1 Å². The quantitative estimate of drug-likeness (QED) is 0.797. The van der Waals surface area contributed by atoms with Gasteiger partial charge in [-0.2, -0.15) is 0 Å². The standard InChI is InChI=1S/C10H10NO4/c12-9(13)6-11-10(14)15-7-8-4-2-1-3-5-8/h1-5H,6-7H2,(H,11,14). The van der Waals surface area contributed by atoms with E-state index in [1.807, 2.05) is 23.5 Å². The number of rotatable bonds is 4. The molecule has 1 rings (SSSR count). The van der Waals surface area contributed by atoms with E-state index in [1.54, 1.807) is 12.1 Å². The van der Waals surface area contributed by atoms with E-state index in [2.05, 4.69) is 0 Å². The molecule has 0 saturated heterocycles. The van der Waals surface area contributed by atoms with Crippen LogP contribution >= 0.6 is 0 Å². The van der Waals surface area contributed by atoms with E-state index in [9.17, 15) is 14.7 Å². The number of amides is 1. The molecule has 1 amide bonds. The average molecular weight is 208 g/mol. The summed E-state index contributed by atoms with van der Waals surface area (Å²) in [6, 6.07) is 9.08. The van der Waals surface area contributed by atoms with Gasteiger partial charge in [0, 0.05) is 0 Å². The lowest BCUT2D eigenvalue weighted by atomic mass is 10.2. The molecule has 5 nitrogen and oxygen atoms in total. The Morgan fingerprint density at radius 2 is 1.87 bits per heavy atom. The molecule has 0 saturated carbocycles. The van der Waals surface area contributed by atoms with Crippen LogP contribution in [0.25, 0.3) is 0 Å². The number of carbonyl (C=O) groups excluding carboxylic acids is 2. The fourth-order valence-corrected chi connectivity index (χ4v) is 0.918. The molecular formula is C10H10NO4. The lowest BCUT2D eigenvalue weighted by Gasteiger charge is -2.04. The number of hydrogen-bond donors (Lipinski definition) is 1. The first kappa shape index (κ1) is 11.0. The van der Waals surface area contributed by atoms with E-state index < -0.39 is 18.6 Å². The fourth-order valence-electron chi connectivity index (χ4n) is 0.918. The van der Waals surface area contributed by atoms with Gasteiger partial charge in [-0.1, -0.05) is 30.3 Å². The van der Waals surface area contributed by atoms with Gasteiger partial charge in [-0.15, -0.1) is 0 Å². The van der Waals surface area contributed by atoms with Crippen molar-refractivity contribution in [2.24, 2.45) is 0 Å². The predicted octanol–water partition coefficient (Wildman–Crippen LogP) is 0.870. The third kappa shape index (κ3) is 4.66. The van der Waals surface area contributed by atoms with Crippen molar-refractivity contribution in [1.29, 1.82) is 0 Å². The van der Waals surface area contributed by atoms with Gasteiger partial charge in [0.25, 0.3) is 0 Å². The van der Waals surface area contributed by atoms with Crippen LogP contribution in [0.5, 0.6) is 0 Å². The largest absolute Gasteiger partial charge is 0.445 e. The van der Waals surface area contributed by atoms with Crippen molar-refractivity contribution in [2.45, 2.75) is 6.61 Å². The predicted molar refractivity (Wildman–Crippen MR) is 50.3 cm³/mol. The topological polar surface area (TPSA) is 75.3 Å². The number of carbonyl (C=O) groups is 2. The maximum atomic E-state index is 10.9. The molecule has 0 aliphatic carbocycles. The van der Waals surface area contributed by atoms with Gasteiger partial charge < -0.3 is 10.1 Å². The minimum atomic E-state index is -1.35. The minimum absolute atomic E-state index is 0.111. The molecule has 0 heterocycles. The van der Waals surface area contributed by atoms with E-state index in [-0.39, 0.29) is 6.61 Å². The normalized spacial score (nSPS) is 9.33. The maximum Gasteiger partial charge on any atom is 0.407 e. The van der Waals surface area contributed by atoms with Crippen molar-refractivity contribution in [3.8, 4) is 0 Å². The Balaban J connectivity index is 2.26. The second kappa shape index (κ2) is 5.64. The minimum Gasteiger partial charge on any atom is -0.445 e. The van der Waals surface area contributed by atoms with Crippen molar-refractivity contribution < 1.29 is 19.4 Å². The number of ether oxygens (including phenoxy) is 1. The summed E-state index contributed by atoms with van der Waals surface area (Å²) < 4.78 is 4.74. The maximum absolute atomic E-state index is 10.9. The number of benzene rings is 1. The highest BCUT2D eigenvalue weighted by Gasteiger charge is 2.05. The van der Waals surface area contributed by atoms with Crippen LogP contribution in [-0.2, 0) is 21.2 Å². The smallest absolute Gasteiger partial charge is 0.407 e. The molecule has 0 aliphatic heterocycles. The van der Waals surface area contributed by atoms with Crippen LogP contribution in [0.3, 0.4) is 0 Å². The van der Waals surface area contributed by atoms with Gasteiger partial charge in [0.2, 0.25) is 0 Å². The lowest BCUT2D eigenvalue weighted by molar-refractivity contribution is -0.141. The zero-order valence-electron chi connectivity index (χ0n) is 7.93. The van der Waals surface area contributed by atoms with E-state index in [1.165, 1.54) is 0 Å². The van der Waals surface area contributed by atoms with Gasteiger partial charge in [0.15, 0.2) is 0 Å². The van der Waals surface area contributed by atoms with Crippen molar-refractivity contribution in [3.63, 3.8) is 0 Å². The summed E-state index contributed by atoms with van der Waals surface area (Å²) in [6.45, 7) is -0.437. The first-order chi connectivity index (χ1) is 7.18. The van der Waals surface area contributed by atoms with Gasteiger partial charge in [-0.25, -0.2) is 14.7 Å². The third-order valence-corrected chi connectivity index (χ3v) is 1.59. The Kier molecular flexibility index (Phi) is 4.15. The van der Waals surface area contributed by atoms with Crippen LogP contribution in [0.15, 0.2) is 30.3 Å². The fraction of sp³-hybridized carbons (Fsp3) is 0.200. The van der Waals surface area contributed by atoms with Crippen molar-refractivity contribution in [1.82, 2.24) is 5.32 Å². The van der Waals surface area contributed by atoms with Crippen LogP contribution in [0.4, 0.5) is 4.79 Å². The van der Waals surface area contributed by atoms with Crippen LogP contribution in [0, 0.1) is 0 Å². The number of alkyl carbamates (subject to hydrolysis) is 1. The molecule has 0 atom stereocenters. The second-order valence-corrected chi connectivity index (χ2v) is 2.79. The molecule has 15 heavy (non-hydrogen) atoms. The van der Waals surface area contributed by atoms with E-state index in [0.29, 0.717) is 0 Å². The molecule has 5 heteroatoms. The van der Waals surface area contributed by atoms with Gasteiger partial charge in [0.1, 0.15) is 13.2 Å². The van der Waals surface area contributed by atoms with Crippen LogP contribution in [-0.4, -0.2) is 18.6 Å². The molecule has 0 unspecified atom stereocenters. The third-order valence-electron chi connectivity index (χ3n) is 1.59. The Morgan fingerprint density at radius 3 is 2.47 bits per heavy atom. The SMILES string of the molecule is [O]C(=O)CNC(=O)OCc1ccccc1. The molecular weight excluding hydrogens is 198 g/mol. The monoisotopic (exact) mass is 208 g/mol. The Hall–Kier alpha value is -2.04. The summed E-state index contributed by atoms with van der Waals surface area (Å²) in [4.78, 5) is 20.9. The molecule has 1 N–H and O–H groups in total. The zero-order chi connectivity index (χ0) is 11.1. The van der Waals surface area contributed by atoms with Crippen molar-refractivity contribution in [2.75, 3.05) is 6.54 Å². The summed E-state index contributed by atoms with van der Waals surface area (Å²) in [5.41, 5.74) is 0.834. The summed E-state index contributed by atoms with van der Waals surface area (Å²) in [6.07, 6.45) is -0.775. The lowest BCUT2D eigenvalue weighted by Crippen LogP contribution is -2.29. The van der Waals surface area contributed by atoms with E-state index in [0.717, 1.165) is 5.56 Å². The molecule has 0 spiro atoms. The van der Waals surface area contributed by atoms with Gasteiger partial charge in [-0.05, 0) is 5.56 Å². The first-order valence-electron chi connectivity index (χ1n) is 4.33. The van der Waals surface area contributed by atoms with Gasteiger partial charge in [0.05, 0.1) is 0 Å². The summed E-state index contributed by atoms with van der Waals surface area (Å²) >= 11 is 0. The molecule has 0 fully saturated rings. The van der Waals surface area contributed by atoms with Crippen LogP contribution < -0.4 is 5.32 Å². The molecule has 1 radical (unpaired) electrons. The average Bonchev–Trinajstić information content (AvgIpc) is 2.25. The Labute approximate surface area is 86.7 Å². The number of hydrogen-bond acceptors (Lipinski definition) is 3. The van der Waals surface area contributed by atoms with Crippen molar-refractivity contribution >= 4 is 12.1 Å². The van der Waals surface area contributed by atoms with Crippen LogP contribution in [0.1, 0.15) is 5.56 Å². The molecule has 0 aromatic heterocycles. The molecule has 79 valence electrons. The summed E-state index contributed by atoms with van der Waals surface area (Å²) in [5.74, 6) is -1.35. The molecule has 0 bridgehead atoms. The van der Waals surface area contributed by atoms with Crippen LogP contribution in [0.2, 0.25) is 0 Å².